The zero-order chi connectivity index (χ0) is 11.8. The van der Waals surface area contributed by atoms with Gasteiger partial charge in [0.25, 0.3) is 0 Å². The van der Waals surface area contributed by atoms with E-state index in [1.807, 2.05) is 11.3 Å². The second-order valence-electron chi connectivity index (χ2n) is 5.69. The van der Waals surface area contributed by atoms with Crippen molar-refractivity contribution in [1.29, 1.82) is 0 Å². The van der Waals surface area contributed by atoms with Crippen LogP contribution in [-0.2, 0) is 12.0 Å². The number of aliphatic hydroxyl groups excluding tert-OH is 1. The van der Waals surface area contributed by atoms with E-state index >= 15 is 0 Å². The third-order valence-corrected chi connectivity index (χ3v) is 4.52. The Hall–Kier alpha value is -0.380. The average molecular weight is 239 g/mol. The smallest absolute Gasteiger partial charge is 0.0679 e. The van der Waals surface area contributed by atoms with Crippen molar-refractivity contribution in [3.8, 4) is 0 Å². The molecule has 0 spiro atoms. The van der Waals surface area contributed by atoms with Gasteiger partial charge in [-0.1, -0.05) is 20.8 Å². The normalized spacial score (nSPS) is 22.9. The molecule has 0 aliphatic carbocycles. The third-order valence-electron chi connectivity index (χ3n) is 3.03. The topological polar surface area (TPSA) is 23.5 Å². The molecular formula is C13H21NOS. The van der Waals surface area contributed by atoms with Gasteiger partial charge >= 0.3 is 0 Å². The molecule has 1 fully saturated rings. The molecule has 0 bridgehead atoms. The predicted octanol–water partition coefficient (Wildman–Crippen LogP) is 2.61. The Balaban J connectivity index is 1.98. The van der Waals surface area contributed by atoms with Crippen molar-refractivity contribution in [1.82, 2.24) is 4.90 Å². The molecule has 1 N–H and O–H groups in total. The van der Waals surface area contributed by atoms with E-state index in [2.05, 4.69) is 37.8 Å². The lowest BCUT2D eigenvalue weighted by molar-refractivity contribution is 0.175. The van der Waals surface area contributed by atoms with E-state index in [1.54, 1.807) is 0 Å². The highest BCUT2D eigenvalue weighted by Crippen LogP contribution is 2.30. The summed E-state index contributed by atoms with van der Waals surface area (Å²) in [6.07, 6.45) is 0.819. The minimum Gasteiger partial charge on any atom is -0.392 e. The van der Waals surface area contributed by atoms with Gasteiger partial charge in [-0.2, -0.15) is 0 Å². The summed E-state index contributed by atoms with van der Waals surface area (Å²) >= 11 is 1.90. The lowest BCUT2D eigenvalue weighted by Gasteiger charge is -2.16. The number of β-amino-alcohol motifs (C(OH)–C–C–N with tert-alkyl or cyclic N) is 1. The van der Waals surface area contributed by atoms with Crippen molar-refractivity contribution in [2.45, 2.75) is 45.3 Å². The van der Waals surface area contributed by atoms with Gasteiger partial charge in [0.1, 0.15) is 0 Å². The molecule has 1 aromatic heterocycles. The van der Waals surface area contributed by atoms with Crippen LogP contribution in [0.3, 0.4) is 0 Å². The summed E-state index contributed by atoms with van der Waals surface area (Å²) in [4.78, 5) is 5.20. The summed E-state index contributed by atoms with van der Waals surface area (Å²) in [5, 5.41) is 9.47. The maximum absolute atomic E-state index is 9.47. The van der Waals surface area contributed by atoms with Gasteiger partial charge in [0.15, 0.2) is 0 Å². The molecule has 1 aliphatic rings. The van der Waals surface area contributed by atoms with Gasteiger partial charge in [-0.3, -0.25) is 4.90 Å². The molecule has 16 heavy (non-hydrogen) atoms. The van der Waals surface area contributed by atoms with Crippen LogP contribution in [0.25, 0.3) is 0 Å². The molecular weight excluding hydrogens is 218 g/mol. The maximum Gasteiger partial charge on any atom is 0.0679 e. The average Bonchev–Trinajstić information content (AvgIpc) is 2.74. The summed E-state index contributed by atoms with van der Waals surface area (Å²) in [7, 11) is 0. The van der Waals surface area contributed by atoms with Crippen LogP contribution >= 0.6 is 11.3 Å². The lowest BCUT2D eigenvalue weighted by atomic mass is 9.95. The second kappa shape index (κ2) is 4.47. The molecule has 2 nitrogen and oxygen atoms in total. The maximum atomic E-state index is 9.47. The molecule has 0 aromatic carbocycles. The van der Waals surface area contributed by atoms with E-state index in [0.717, 1.165) is 26.1 Å². The molecule has 1 saturated heterocycles. The van der Waals surface area contributed by atoms with E-state index in [1.165, 1.54) is 9.75 Å². The highest BCUT2D eigenvalue weighted by atomic mass is 32.1. The first-order valence-corrected chi connectivity index (χ1v) is 6.76. The van der Waals surface area contributed by atoms with Crippen LogP contribution < -0.4 is 0 Å². The molecule has 0 radical (unpaired) electrons. The zero-order valence-electron chi connectivity index (χ0n) is 10.4. The standard InChI is InChI=1S/C13H21NOS/c1-13(2,3)12-5-4-11(16-12)9-14-7-6-10(15)8-14/h4-5,10,15H,6-9H2,1-3H3/t10-/m1/s1. The Morgan fingerprint density at radius 1 is 1.44 bits per heavy atom. The van der Waals surface area contributed by atoms with Crippen molar-refractivity contribution in [3.63, 3.8) is 0 Å². The first-order chi connectivity index (χ1) is 7.45. The summed E-state index contributed by atoms with van der Waals surface area (Å²) in [6.45, 7) is 9.62. The van der Waals surface area contributed by atoms with E-state index < -0.39 is 0 Å². The van der Waals surface area contributed by atoms with E-state index in [9.17, 15) is 5.11 Å². The van der Waals surface area contributed by atoms with Gasteiger partial charge < -0.3 is 5.11 Å². The largest absolute Gasteiger partial charge is 0.392 e. The summed E-state index contributed by atoms with van der Waals surface area (Å²) in [5.41, 5.74) is 0.257. The number of hydrogen-bond acceptors (Lipinski definition) is 3. The quantitative estimate of drug-likeness (QED) is 0.857. The Labute approximate surface area is 102 Å². The Bertz CT molecular complexity index is 353. The number of hydrogen-bond donors (Lipinski definition) is 1. The molecule has 3 heteroatoms. The van der Waals surface area contributed by atoms with Crippen LogP contribution in [0.2, 0.25) is 0 Å². The summed E-state index contributed by atoms with van der Waals surface area (Å²) in [5.74, 6) is 0. The zero-order valence-corrected chi connectivity index (χ0v) is 11.2. The van der Waals surface area contributed by atoms with Crippen molar-refractivity contribution in [3.05, 3.63) is 21.9 Å². The molecule has 0 unspecified atom stereocenters. The van der Waals surface area contributed by atoms with Crippen LogP contribution in [-0.4, -0.2) is 29.2 Å². The molecule has 0 saturated carbocycles. The van der Waals surface area contributed by atoms with Gasteiger partial charge in [-0.25, -0.2) is 0 Å². The minimum atomic E-state index is -0.109. The van der Waals surface area contributed by atoms with Crippen LogP contribution in [0, 0.1) is 0 Å². The number of thiophene rings is 1. The van der Waals surface area contributed by atoms with Crippen LogP contribution in [0.15, 0.2) is 12.1 Å². The van der Waals surface area contributed by atoms with Crippen LogP contribution in [0.5, 0.6) is 0 Å². The second-order valence-corrected chi connectivity index (χ2v) is 6.86. The SMILES string of the molecule is CC(C)(C)c1ccc(CN2CC[C@@H](O)C2)s1. The fourth-order valence-corrected chi connectivity index (χ4v) is 3.15. The molecule has 2 rings (SSSR count). The minimum absolute atomic E-state index is 0.109. The summed E-state index contributed by atoms with van der Waals surface area (Å²) in [6, 6.07) is 4.47. The monoisotopic (exact) mass is 239 g/mol. The van der Waals surface area contributed by atoms with E-state index in [0.29, 0.717) is 0 Å². The number of nitrogens with zero attached hydrogens (tertiary/aromatic N) is 1. The Kier molecular flexibility index (Phi) is 3.38. The fourth-order valence-electron chi connectivity index (χ4n) is 2.04. The Morgan fingerprint density at radius 2 is 2.19 bits per heavy atom. The van der Waals surface area contributed by atoms with Gasteiger partial charge in [0, 0.05) is 29.4 Å². The number of likely N-dealkylation sites (tertiary alicyclic amines) is 1. The third kappa shape index (κ3) is 2.84. The van der Waals surface area contributed by atoms with Gasteiger partial charge in [0.05, 0.1) is 6.10 Å². The van der Waals surface area contributed by atoms with Gasteiger partial charge in [-0.15, -0.1) is 11.3 Å². The lowest BCUT2D eigenvalue weighted by Crippen LogP contribution is -2.20. The fraction of sp³-hybridized carbons (Fsp3) is 0.692. The first-order valence-electron chi connectivity index (χ1n) is 5.95. The summed E-state index contributed by atoms with van der Waals surface area (Å²) < 4.78 is 0. The van der Waals surface area contributed by atoms with Crippen molar-refractivity contribution in [2.75, 3.05) is 13.1 Å². The highest BCUT2D eigenvalue weighted by Gasteiger charge is 2.21. The first kappa shape index (κ1) is 12.1. The van der Waals surface area contributed by atoms with Crippen LogP contribution in [0.4, 0.5) is 0 Å². The molecule has 0 amide bonds. The van der Waals surface area contributed by atoms with E-state index in [4.69, 9.17) is 0 Å². The van der Waals surface area contributed by atoms with Crippen molar-refractivity contribution in [2.24, 2.45) is 0 Å². The number of rotatable bonds is 2. The predicted molar refractivity (Wildman–Crippen MR) is 68.9 cm³/mol. The van der Waals surface area contributed by atoms with Crippen molar-refractivity contribution >= 4 is 11.3 Å². The molecule has 2 heterocycles. The van der Waals surface area contributed by atoms with Crippen molar-refractivity contribution < 1.29 is 5.11 Å². The molecule has 1 aromatic rings. The molecule has 90 valence electrons. The van der Waals surface area contributed by atoms with Gasteiger partial charge in [-0.05, 0) is 24.0 Å². The van der Waals surface area contributed by atoms with Gasteiger partial charge in [0.2, 0.25) is 0 Å². The Morgan fingerprint density at radius 3 is 2.69 bits per heavy atom. The van der Waals surface area contributed by atoms with E-state index in [-0.39, 0.29) is 11.5 Å². The molecule has 1 atom stereocenters. The van der Waals surface area contributed by atoms with Crippen LogP contribution in [0.1, 0.15) is 36.9 Å². The molecule has 1 aliphatic heterocycles. The number of aliphatic hydroxyl groups is 1. The highest BCUT2D eigenvalue weighted by molar-refractivity contribution is 7.12.